The summed E-state index contributed by atoms with van der Waals surface area (Å²) in [5, 5.41) is 6.85. The highest BCUT2D eigenvalue weighted by atomic mass is 32.1. The van der Waals surface area contributed by atoms with Crippen molar-refractivity contribution >= 4 is 23.0 Å². The normalized spacial score (nSPS) is 10.1. The number of rotatable bonds is 4. The van der Waals surface area contributed by atoms with Crippen LogP contribution in [-0.2, 0) is 6.42 Å². The number of thiocarbonyl (C=S) groups is 1. The molecule has 0 atom stereocenters. The zero-order valence-electron chi connectivity index (χ0n) is 11.3. The molecular formula is C16H17FN2S. The molecule has 0 fully saturated rings. The summed E-state index contributed by atoms with van der Waals surface area (Å²) in [4.78, 5) is 0. The zero-order chi connectivity index (χ0) is 14.4. The second-order valence-electron chi connectivity index (χ2n) is 4.57. The lowest BCUT2D eigenvalue weighted by Gasteiger charge is -2.11. The summed E-state index contributed by atoms with van der Waals surface area (Å²) in [6, 6.07) is 14.6. The van der Waals surface area contributed by atoms with Crippen molar-refractivity contribution < 1.29 is 4.39 Å². The first kappa shape index (κ1) is 14.5. The van der Waals surface area contributed by atoms with Gasteiger partial charge in [0.05, 0.1) is 0 Å². The van der Waals surface area contributed by atoms with Crippen molar-refractivity contribution in [1.29, 1.82) is 0 Å². The van der Waals surface area contributed by atoms with E-state index in [4.69, 9.17) is 12.2 Å². The van der Waals surface area contributed by atoms with Crippen LogP contribution in [0.5, 0.6) is 0 Å². The summed E-state index contributed by atoms with van der Waals surface area (Å²) in [6.45, 7) is 2.63. The minimum absolute atomic E-state index is 0.194. The topological polar surface area (TPSA) is 24.1 Å². The summed E-state index contributed by atoms with van der Waals surface area (Å²) in [7, 11) is 0. The molecule has 0 aliphatic carbocycles. The van der Waals surface area contributed by atoms with Gasteiger partial charge in [-0.25, -0.2) is 4.39 Å². The Morgan fingerprint density at radius 2 is 1.90 bits per heavy atom. The Morgan fingerprint density at radius 3 is 2.60 bits per heavy atom. The van der Waals surface area contributed by atoms with Crippen molar-refractivity contribution in [3.05, 3.63) is 65.5 Å². The lowest BCUT2D eigenvalue weighted by atomic mass is 10.1. The maximum atomic E-state index is 13.0. The van der Waals surface area contributed by atoms with E-state index in [0.29, 0.717) is 11.7 Å². The molecule has 2 aromatic rings. The van der Waals surface area contributed by atoms with Gasteiger partial charge in [-0.1, -0.05) is 24.3 Å². The van der Waals surface area contributed by atoms with Crippen LogP contribution in [0.1, 0.15) is 11.1 Å². The fourth-order valence-corrected chi connectivity index (χ4v) is 2.17. The van der Waals surface area contributed by atoms with Crippen LogP contribution in [-0.4, -0.2) is 11.7 Å². The smallest absolute Gasteiger partial charge is 0.170 e. The third kappa shape index (κ3) is 4.31. The van der Waals surface area contributed by atoms with E-state index in [1.807, 2.05) is 43.3 Å². The molecule has 0 saturated carbocycles. The molecule has 104 valence electrons. The van der Waals surface area contributed by atoms with Crippen LogP contribution in [0.15, 0.2) is 48.5 Å². The molecule has 0 bridgehead atoms. The number of halogens is 1. The molecule has 0 spiro atoms. The summed E-state index contributed by atoms with van der Waals surface area (Å²) in [5.41, 5.74) is 3.05. The van der Waals surface area contributed by atoms with Crippen molar-refractivity contribution in [2.24, 2.45) is 0 Å². The molecule has 0 aromatic heterocycles. The van der Waals surface area contributed by atoms with E-state index in [0.717, 1.165) is 23.2 Å². The van der Waals surface area contributed by atoms with Crippen LogP contribution in [0.3, 0.4) is 0 Å². The van der Waals surface area contributed by atoms with Gasteiger partial charge in [-0.15, -0.1) is 0 Å². The first-order chi connectivity index (χ1) is 9.65. The average Bonchev–Trinajstić information content (AvgIpc) is 2.42. The molecule has 2 nitrogen and oxygen atoms in total. The lowest BCUT2D eigenvalue weighted by molar-refractivity contribution is 0.625. The molecule has 2 aromatic carbocycles. The van der Waals surface area contributed by atoms with Gasteiger partial charge in [-0.2, -0.15) is 0 Å². The lowest BCUT2D eigenvalue weighted by Crippen LogP contribution is -2.30. The number of benzene rings is 2. The van der Waals surface area contributed by atoms with Crippen LogP contribution in [0, 0.1) is 12.7 Å². The zero-order valence-corrected chi connectivity index (χ0v) is 12.1. The fourth-order valence-electron chi connectivity index (χ4n) is 1.95. The molecule has 0 radical (unpaired) electrons. The van der Waals surface area contributed by atoms with Crippen molar-refractivity contribution in [3.8, 4) is 0 Å². The third-order valence-electron chi connectivity index (χ3n) is 3.02. The van der Waals surface area contributed by atoms with Gasteiger partial charge in [-0.05, 0) is 61.0 Å². The average molecular weight is 288 g/mol. The van der Waals surface area contributed by atoms with Crippen molar-refractivity contribution in [2.75, 3.05) is 11.9 Å². The highest BCUT2D eigenvalue weighted by molar-refractivity contribution is 7.80. The maximum absolute atomic E-state index is 13.0. The quantitative estimate of drug-likeness (QED) is 0.840. The number of hydrogen-bond donors (Lipinski definition) is 2. The fraction of sp³-hybridized carbons (Fsp3) is 0.188. The standard InChI is InChI=1S/C16H17FN2S/c1-12-11-14(17)8-7-13(12)9-10-18-16(20)19-15-5-3-2-4-6-15/h2-8,11H,9-10H2,1H3,(H2,18,19,20). The molecule has 0 aliphatic rings. The minimum Gasteiger partial charge on any atom is -0.362 e. The Balaban J connectivity index is 1.79. The first-order valence-electron chi connectivity index (χ1n) is 6.50. The summed E-state index contributed by atoms with van der Waals surface area (Å²) < 4.78 is 13.0. The van der Waals surface area contributed by atoms with Gasteiger partial charge in [-0.3, -0.25) is 0 Å². The van der Waals surface area contributed by atoms with Crippen LogP contribution in [0.2, 0.25) is 0 Å². The monoisotopic (exact) mass is 288 g/mol. The highest BCUT2D eigenvalue weighted by Crippen LogP contribution is 2.10. The highest BCUT2D eigenvalue weighted by Gasteiger charge is 2.01. The molecule has 2 N–H and O–H groups in total. The van der Waals surface area contributed by atoms with E-state index in [1.165, 1.54) is 6.07 Å². The Bertz CT molecular complexity index is 584. The number of hydrogen-bond acceptors (Lipinski definition) is 1. The van der Waals surface area contributed by atoms with Gasteiger partial charge in [0.2, 0.25) is 0 Å². The van der Waals surface area contributed by atoms with E-state index in [-0.39, 0.29) is 5.82 Å². The molecule has 20 heavy (non-hydrogen) atoms. The number of nitrogens with one attached hydrogen (secondary N) is 2. The number of aryl methyl sites for hydroxylation is 1. The van der Waals surface area contributed by atoms with E-state index in [2.05, 4.69) is 10.6 Å². The second kappa shape index (κ2) is 7.01. The molecule has 0 amide bonds. The van der Waals surface area contributed by atoms with E-state index >= 15 is 0 Å². The van der Waals surface area contributed by atoms with Gasteiger partial charge in [0.1, 0.15) is 5.82 Å². The predicted molar refractivity (Wildman–Crippen MR) is 85.5 cm³/mol. The van der Waals surface area contributed by atoms with Gasteiger partial charge in [0.15, 0.2) is 5.11 Å². The minimum atomic E-state index is -0.194. The van der Waals surface area contributed by atoms with Gasteiger partial charge in [0, 0.05) is 12.2 Å². The van der Waals surface area contributed by atoms with Crippen molar-refractivity contribution in [3.63, 3.8) is 0 Å². The molecule has 0 unspecified atom stereocenters. The number of para-hydroxylation sites is 1. The summed E-state index contributed by atoms with van der Waals surface area (Å²) in [6.07, 6.45) is 0.808. The van der Waals surface area contributed by atoms with Crippen LogP contribution < -0.4 is 10.6 Å². The van der Waals surface area contributed by atoms with Crippen molar-refractivity contribution in [2.45, 2.75) is 13.3 Å². The van der Waals surface area contributed by atoms with Gasteiger partial charge < -0.3 is 10.6 Å². The van der Waals surface area contributed by atoms with E-state index in [1.54, 1.807) is 6.07 Å². The first-order valence-corrected chi connectivity index (χ1v) is 6.91. The Morgan fingerprint density at radius 1 is 1.15 bits per heavy atom. The molecule has 4 heteroatoms. The Hall–Kier alpha value is -1.94. The summed E-state index contributed by atoms with van der Waals surface area (Å²) >= 11 is 5.22. The Kier molecular flexibility index (Phi) is 5.07. The molecule has 0 aliphatic heterocycles. The molecule has 0 saturated heterocycles. The van der Waals surface area contributed by atoms with E-state index in [9.17, 15) is 4.39 Å². The SMILES string of the molecule is Cc1cc(F)ccc1CCNC(=S)Nc1ccccc1. The largest absolute Gasteiger partial charge is 0.362 e. The Labute approximate surface area is 124 Å². The molecule has 0 heterocycles. The molecular weight excluding hydrogens is 271 g/mol. The van der Waals surface area contributed by atoms with Crippen LogP contribution in [0.25, 0.3) is 0 Å². The maximum Gasteiger partial charge on any atom is 0.170 e. The van der Waals surface area contributed by atoms with Crippen molar-refractivity contribution in [1.82, 2.24) is 5.32 Å². The third-order valence-corrected chi connectivity index (χ3v) is 3.26. The van der Waals surface area contributed by atoms with Crippen LogP contribution in [0.4, 0.5) is 10.1 Å². The van der Waals surface area contributed by atoms with E-state index < -0.39 is 0 Å². The predicted octanol–water partition coefficient (Wildman–Crippen LogP) is 3.66. The van der Waals surface area contributed by atoms with Gasteiger partial charge in [0.25, 0.3) is 0 Å². The second-order valence-corrected chi connectivity index (χ2v) is 4.98. The molecule has 2 rings (SSSR count). The van der Waals surface area contributed by atoms with Crippen LogP contribution >= 0.6 is 12.2 Å². The summed E-state index contributed by atoms with van der Waals surface area (Å²) in [5.74, 6) is -0.194. The van der Waals surface area contributed by atoms with Gasteiger partial charge >= 0.3 is 0 Å². The number of anilines is 1.